The average molecular weight is 924 g/mol. The first-order valence-electron chi connectivity index (χ1n) is 23.9. The number of nitriles is 1. The van der Waals surface area contributed by atoms with Crippen LogP contribution in [0.15, 0.2) is 117 Å². The molecule has 0 radical (unpaired) electrons. The van der Waals surface area contributed by atoms with E-state index in [2.05, 4.69) is 39.2 Å². The summed E-state index contributed by atoms with van der Waals surface area (Å²) < 4.78 is 34.2. The molecule has 0 unspecified atom stereocenters. The van der Waals surface area contributed by atoms with Crippen LogP contribution >= 0.6 is 0 Å². The van der Waals surface area contributed by atoms with E-state index in [4.69, 9.17) is 28.4 Å². The number of hydrogen-bond donors (Lipinski definition) is 0. The lowest BCUT2D eigenvalue weighted by Gasteiger charge is -2.14. The Hall–Kier alpha value is -7.07. The molecule has 13 nitrogen and oxygen atoms in total. The molecule has 0 amide bonds. The van der Waals surface area contributed by atoms with Crippen LogP contribution in [0.3, 0.4) is 0 Å². The molecule has 68 heavy (non-hydrogen) atoms. The van der Waals surface area contributed by atoms with Gasteiger partial charge in [0.05, 0.1) is 62.8 Å². The van der Waals surface area contributed by atoms with E-state index in [0.717, 1.165) is 86.5 Å². The first-order valence-corrected chi connectivity index (χ1v) is 23.9. The van der Waals surface area contributed by atoms with Crippen LogP contribution in [-0.2, 0) is 32.3 Å². The molecule has 0 N–H and O–H groups in total. The number of carbonyl (C=O) groups excluding carboxylic acids is 2. The number of ether oxygens (including phenoxy) is 6. The van der Waals surface area contributed by atoms with Crippen LogP contribution in [0.5, 0.6) is 23.0 Å². The lowest BCUT2D eigenvalue weighted by Crippen LogP contribution is -2.01. The van der Waals surface area contributed by atoms with E-state index in [-0.39, 0.29) is 18.5 Å². The Balaban J connectivity index is 0.966. The van der Waals surface area contributed by atoms with Crippen molar-refractivity contribution in [1.82, 2.24) is 19.9 Å². The zero-order valence-electron chi connectivity index (χ0n) is 39.3. The van der Waals surface area contributed by atoms with E-state index in [1.165, 1.54) is 50.7 Å². The fourth-order valence-electron chi connectivity index (χ4n) is 7.08. The van der Waals surface area contributed by atoms with Gasteiger partial charge in [-0.15, -0.1) is 0 Å². The van der Waals surface area contributed by atoms with Crippen molar-refractivity contribution < 1.29 is 38.0 Å². The summed E-state index contributed by atoms with van der Waals surface area (Å²) in [5.41, 5.74) is 4.11. The van der Waals surface area contributed by atoms with Crippen LogP contribution in [0.2, 0.25) is 0 Å². The maximum atomic E-state index is 11.1. The predicted octanol–water partition coefficient (Wildman–Crippen LogP) is 12.1. The monoisotopic (exact) mass is 923 g/mol. The number of aromatic nitrogens is 4. The topological polar surface area (TPSA) is 165 Å². The van der Waals surface area contributed by atoms with Crippen molar-refractivity contribution in [3.05, 3.63) is 134 Å². The highest BCUT2D eigenvalue weighted by molar-refractivity contribution is 5.81. The summed E-state index contributed by atoms with van der Waals surface area (Å²) >= 11 is 0. The Kier molecular flexibility index (Phi) is 23.7. The number of benzene rings is 3. The van der Waals surface area contributed by atoms with Crippen LogP contribution in [0.1, 0.15) is 119 Å². The van der Waals surface area contributed by atoms with Gasteiger partial charge < -0.3 is 28.4 Å². The molecule has 13 heteroatoms. The number of unbranched alkanes of at least 4 members (excludes halogenated alkanes) is 14. The molecule has 5 aromatic rings. The van der Waals surface area contributed by atoms with Gasteiger partial charge in [-0.3, -0.25) is 0 Å². The molecular weight excluding hydrogens is 859 g/mol. The average Bonchev–Trinajstić information content (AvgIpc) is 3.38. The highest BCUT2D eigenvalue weighted by Crippen LogP contribution is 2.31. The zero-order chi connectivity index (χ0) is 47.9. The second kappa shape index (κ2) is 31.0. The second-order valence-electron chi connectivity index (χ2n) is 16.3. The molecule has 2 aromatic heterocycles. The Bertz CT molecular complexity index is 2300. The molecule has 0 fully saturated rings. The maximum absolute atomic E-state index is 11.1. The maximum Gasteiger partial charge on any atom is 0.330 e. The zero-order valence-corrected chi connectivity index (χ0v) is 39.3. The first kappa shape index (κ1) is 51.9. The van der Waals surface area contributed by atoms with Crippen molar-refractivity contribution in [2.45, 2.75) is 116 Å². The minimum absolute atomic E-state index is 0.272. The number of hydrogen-bond acceptors (Lipinski definition) is 13. The van der Waals surface area contributed by atoms with Crippen molar-refractivity contribution in [2.24, 2.45) is 0 Å². The van der Waals surface area contributed by atoms with Crippen LogP contribution in [0, 0.1) is 11.3 Å². The SMILES string of the molecule is C=CC(=O)OCCCCCCCCCCOc1cnc(-c2ccc(COc3ccc(C#N)cc3OCc3ccc(-c4ncc(OCCCCCCCCCCOC(=O)C=C)cn4)cc3)cc2)nc1. The highest BCUT2D eigenvalue weighted by Gasteiger charge is 2.11. The third-order valence-corrected chi connectivity index (χ3v) is 11.0. The number of carbonyl (C=O) groups is 2. The number of nitrogens with zero attached hydrogens (tertiary/aromatic N) is 5. The summed E-state index contributed by atoms with van der Waals surface area (Å²) in [6.45, 7) is 9.55. The smallest absolute Gasteiger partial charge is 0.330 e. The summed E-state index contributed by atoms with van der Waals surface area (Å²) in [5, 5.41) is 9.58. The van der Waals surface area contributed by atoms with Gasteiger partial charge in [0.25, 0.3) is 0 Å². The Morgan fingerprint density at radius 3 is 1.22 bits per heavy atom. The fourth-order valence-corrected chi connectivity index (χ4v) is 7.08. The third-order valence-electron chi connectivity index (χ3n) is 11.0. The summed E-state index contributed by atoms with van der Waals surface area (Å²) in [7, 11) is 0. The van der Waals surface area contributed by atoms with Gasteiger partial charge in [0.15, 0.2) is 34.6 Å². The molecule has 0 bridgehead atoms. The molecule has 0 aliphatic carbocycles. The van der Waals surface area contributed by atoms with Gasteiger partial charge in [-0.05, 0) is 48.9 Å². The minimum Gasteiger partial charge on any atom is -0.490 e. The molecule has 0 aliphatic rings. The molecule has 3 aromatic carbocycles. The summed E-state index contributed by atoms with van der Waals surface area (Å²) in [6, 6.07) is 23.1. The van der Waals surface area contributed by atoms with Crippen molar-refractivity contribution >= 4 is 11.9 Å². The largest absolute Gasteiger partial charge is 0.490 e. The van der Waals surface area contributed by atoms with Gasteiger partial charge in [-0.2, -0.15) is 5.26 Å². The fraction of sp³-hybridized carbons (Fsp3) is 0.400. The standard InChI is InChI=1S/C55H65N5O8/c1-3-52(61)65-33-19-15-11-7-5-9-13-17-31-63-48-37-57-54(58-38-48)46-26-21-43(22-27-46)41-67-50-30-25-45(36-56)35-51(50)68-42-44-23-28-47(29-24-44)55-59-39-49(40-60-55)64-32-18-14-10-6-8-12-16-20-34-66-53(62)4-2/h3-4,21-30,35,37-40H,1-2,5-20,31-34,41-42H2. The van der Waals surface area contributed by atoms with Gasteiger partial charge in [-0.25, -0.2) is 29.5 Å². The van der Waals surface area contributed by atoms with E-state index < -0.39 is 0 Å². The van der Waals surface area contributed by atoms with E-state index in [1.54, 1.807) is 43.0 Å². The Labute approximate surface area is 401 Å². The predicted molar refractivity (Wildman–Crippen MR) is 262 cm³/mol. The van der Waals surface area contributed by atoms with Crippen LogP contribution < -0.4 is 18.9 Å². The normalized spacial score (nSPS) is 10.7. The molecule has 0 saturated heterocycles. The summed E-state index contributed by atoms with van der Waals surface area (Å²) in [4.78, 5) is 40.2. The molecule has 0 aliphatic heterocycles. The van der Waals surface area contributed by atoms with Crippen molar-refractivity contribution in [2.75, 3.05) is 26.4 Å². The highest BCUT2D eigenvalue weighted by atomic mass is 16.5. The molecule has 0 saturated carbocycles. The molecule has 2 heterocycles. The Morgan fingerprint density at radius 1 is 0.471 bits per heavy atom. The van der Waals surface area contributed by atoms with Crippen LogP contribution in [0.4, 0.5) is 0 Å². The van der Waals surface area contributed by atoms with E-state index >= 15 is 0 Å². The number of rotatable bonds is 34. The van der Waals surface area contributed by atoms with Gasteiger partial charge in [0.1, 0.15) is 13.2 Å². The van der Waals surface area contributed by atoms with E-state index in [9.17, 15) is 14.9 Å². The van der Waals surface area contributed by atoms with Gasteiger partial charge >= 0.3 is 11.9 Å². The van der Waals surface area contributed by atoms with Gasteiger partial charge in [0.2, 0.25) is 0 Å². The van der Waals surface area contributed by atoms with Crippen molar-refractivity contribution in [3.63, 3.8) is 0 Å². The molecule has 0 spiro atoms. The lowest BCUT2D eigenvalue weighted by atomic mass is 10.1. The lowest BCUT2D eigenvalue weighted by molar-refractivity contribution is -0.138. The molecule has 358 valence electrons. The van der Waals surface area contributed by atoms with Crippen molar-refractivity contribution in [3.8, 4) is 51.8 Å². The quantitative estimate of drug-likeness (QED) is 0.0218. The van der Waals surface area contributed by atoms with Crippen LogP contribution in [-0.4, -0.2) is 58.3 Å². The molecule has 5 rings (SSSR count). The third kappa shape index (κ3) is 19.8. The van der Waals surface area contributed by atoms with Crippen molar-refractivity contribution in [1.29, 1.82) is 5.26 Å². The summed E-state index contributed by atoms with van der Waals surface area (Å²) in [6.07, 6.45) is 26.7. The summed E-state index contributed by atoms with van der Waals surface area (Å²) in [5.74, 6) is 2.81. The molecule has 0 atom stereocenters. The number of esters is 2. The molecular formula is C55H65N5O8. The minimum atomic E-state index is -0.354. The second-order valence-corrected chi connectivity index (χ2v) is 16.3. The van der Waals surface area contributed by atoms with Crippen LogP contribution in [0.25, 0.3) is 22.8 Å². The van der Waals surface area contributed by atoms with E-state index in [1.807, 2.05) is 48.5 Å². The Morgan fingerprint density at radius 2 is 0.838 bits per heavy atom. The first-order chi connectivity index (χ1) is 33.4. The van der Waals surface area contributed by atoms with E-state index in [0.29, 0.717) is 73.2 Å². The van der Waals surface area contributed by atoms with Gasteiger partial charge in [0, 0.05) is 29.3 Å². The van der Waals surface area contributed by atoms with Gasteiger partial charge in [-0.1, -0.05) is 139 Å².